The second-order valence-corrected chi connectivity index (χ2v) is 14.3. The third-order valence-corrected chi connectivity index (χ3v) is 9.08. The molecule has 2 unspecified atom stereocenters. The minimum absolute atomic E-state index is 0.287. The maximum atomic E-state index is 12.4. The number of rotatable bonds is 33. The second-order valence-electron chi connectivity index (χ2n) is 12.8. The van der Waals surface area contributed by atoms with Gasteiger partial charge in [-0.1, -0.05) is 166 Å². The summed E-state index contributed by atoms with van der Waals surface area (Å²) in [7, 11) is -4.35. The first-order valence-corrected chi connectivity index (χ1v) is 20.3. The molecule has 0 rings (SSSR count). The molecule has 0 heterocycles. The minimum atomic E-state index is -4.35. The van der Waals surface area contributed by atoms with Gasteiger partial charge in [0.05, 0.1) is 17.9 Å². The Balaban J connectivity index is 4.06. The zero-order valence-electron chi connectivity index (χ0n) is 29.2. The Labute approximate surface area is 278 Å². The zero-order valence-corrected chi connectivity index (χ0v) is 30.1. The highest BCUT2D eigenvalue weighted by Gasteiger charge is 2.24. The number of hydrogen-bond donors (Lipinski definition) is 3. The predicted molar refractivity (Wildman–Crippen MR) is 193 cm³/mol. The van der Waals surface area contributed by atoms with Gasteiger partial charge < -0.3 is 10.4 Å². The van der Waals surface area contributed by atoms with Crippen LogP contribution in [0.25, 0.3) is 0 Å². The Kier molecular flexibility index (Phi) is 31.5. The Morgan fingerprint density at radius 3 is 1.40 bits per heavy atom. The lowest BCUT2D eigenvalue weighted by molar-refractivity contribution is -0.122. The van der Waals surface area contributed by atoms with Crippen LogP contribution in [0, 0.1) is 0 Å². The van der Waals surface area contributed by atoms with Crippen molar-refractivity contribution in [3.63, 3.8) is 0 Å². The van der Waals surface area contributed by atoms with Gasteiger partial charge in [-0.3, -0.25) is 9.35 Å². The first kappa shape index (κ1) is 43.6. The van der Waals surface area contributed by atoms with Crippen LogP contribution < -0.4 is 5.32 Å². The molecule has 45 heavy (non-hydrogen) atoms. The van der Waals surface area contributed by atoms with E-state index in [2.05, 4.69) is 43.5 Å². The molecule has 0 radical (unpaired) electrons. The molecule has 0 saturated carbocycles. The van der Waals surface area contributed by atoms with E-state index in [0.717, 1.165) is 38.5 Å². The molecule has 0 aliphatic carbocycles. The van der Waals surface area contributed by atoms with E-state index in [4.69, 9.17) is 0 Å². The number of carbonyl (C=O) groups excluding carboxylic acids is 1. The summed E-state index contributed by atoms with van der Waals surface area (Å²) in [5.74, 6) is -1.01. The fourth-order valence-corrected chi connectivity index (χ4v) is 6.21. The van der Waals surface area contributed by atoms with E-state index >= 15 is 0 Å². The molecule has 264 valence electrons. The summed E-state index contributed by atoms with van der Waals surface area (Å²) < 4.78 is 32.3. The molecular formula is C38H71NO5S. The van der Waals surface area contributed by atoms with Crippen LogP contribution in [0.15, 0.2) is 36.5 Å². The molecule has 1 amide bonds. The van der Waals surface area contributed by atoms with E-state index in [1.165, 1.54) is 122 Å². The lowest BCUT2D eigenvalue weighted by Gasteiger charge is -2.21. The van der Waals surface area contributed by atoms with Crippen LogP contribution in [0.4, 0.5) is 0 Å². The summed E-state index contributed by atoms with van der Waals surface area (Å²) in [6.07, 6.45) is 41.2. The minimum Gasteiger partial charge on any atom is -0.387 e. The number of hydrogen-bond acceptors (Lipinski definition) is 4. The molecule has 0 saturated heterocycles. The van der Waals surface area contributed by atoms with Crippen LogP contribution in [0.1, 0.15) is 181 Å². The van der Waals surface area contributed by atoms with E-state index in [1.54, 1.807) is 6.08 Å². The van der Waals surface area contributed by atoms with Crippen LogP contribution in [0.5, 0.6) is 0 Å². The number of amides is 1. The third kappa shape index (κ3) is 33.7. The van der Waals surface area contributed by atoms with Crippen molar-refractivity contribution in [3.8, 4) is 0 Å². The van der Waals surface area contributed by atoms with Gasteiger partial charge >= 0.3 is 0 Å². The average Bonchev–Trinajstić information content (AvgIpc) is 3.00. The number of aliphatic hydroxyl groups excluding tert-OH is 1. The first-order chi connectivity index (χ1) is 21.8. The van der Waals surface area contributed by atoms with Gasteiger partial charge in [-0.15, -0.1) is 0 Å². The Morgan fingerprint density at radius 1 is 0.578 bits per heavy atom. The SMILES string of the molecule is CCCCCCCC/C=C/CC/C=C/CC/C=C/C(O)C(CS(=O)(=O)O)NC(=O)CCCCCCCCCCCCCCCC. The maximum absolute atomic E-state index is 12.4. The smallest absolute Gasteiger partial charge is 0.267 e. The molecule has 3 N–H and O–H groups in total. The van der Waals surface area contributed by atoms with Crippen molar-refractivity contribution >= 4 is 16.0 Å². The van der Waals surface area contributed by atoms with Gasteiger partial charge in [0.25, 0.3) is 10.1 Å². The molecule has 0 aliphatic rings. The topological polar surface area (TPSA) is 104 Å². The van der Waals surface area contributed by atoms with Crippen LogP contribution in [-0.2, 0) is 14.9 Å². The first-order valence-electron chi connectivity index (χ1n) is 18.7. The summed E-state index contributed by atoms with van der Waals surface area (Å²) in [5.41, 5.74) is 0. The molecule has 2 atom stereocenters. The van der Waals surface area contributed by atoms with Gasteiger partial charge in [-0.2, -0.15) is 8.42 Å². The monoisotopic (exact) mass is 654 g/mol. The van der Waals surface area contributed by atoms with Gasteiger partial charge in [0.15, 0.2) is 0 Å². The molecule has 0 bridgehead atoms. The molecule has 0 spiro atoms. The number of nitrogens with one attached hydrogen (secondary N) is 1. The fraction of sp³-hybridized carbons (Fsp3) is 0.816. The Hall–Kier alpha value is -1.44. The fourth-order valence-electron chi connectivity index (χ4n) is 5.48. The zero-order chi connectivity index (χ0) is 33.3. The second kappa shape index (κ2) is 32.5. The maximum Gasteiger partial charge on any atom is 0.267 e. The summed E-state index contributed by atoms with van der Waals surface area (Å²) in [5, 5.41) is 13.2. The molecule has 0 fully saturated rings. The van der Waals surface area contributed by atoms with E-state index in [1.807, 2.05) is 0 Å². The lowest BCUT2D eigenvalue weighted by atomic mass is 10.0. The van der Waals surface area contributed by atoms with Gasteiger partial charge in [0.2, 0.25) is 5.91 Å². The summed E-state index contributed by atoms with van der Waals surface area (Å²) in [6.45, 7) is 4.50. The van der Waals surface area contributed by atoms with Gasteiger partial charge in [-0.25, -0.2) is 0 Å². The lowest BCUT2D eigenvalue weighted by Crippen LogP contribution is -2.46. The molecule has 0 aliphatic heterocycles. The Bertz CT molecular complexity index is 852. The third-order valence-electron chi connectivity index (χ3n) is 8.30. The van der Waals surface area contributed by atoms with Crippen LogP contribution in [0.3, 0.4) is 0 Å². The highest BCUT2D eigenvalue weighted by molar-refractivity contribution is 7.85. The molecule has 0 aromatic carbocycles. The molecule has 6 nitrogen and oxygen atoms in total. The van der Waals surface area contributed by atoms with E-state index < -0.39 is 28.0 Å². The van der Waals surface area contributed by atoms with Crippen molar-refractivity contribution in [1.29, 1.82) is 0 Å². The van der Waals surface area contributed by atoms with Gasteiger partial charge in [0, 0.05) is 6.42 Å². The summed E-state index contributed by atoms with van der Waals surface area (Å²) >= 11 is 0. The quantitative estimate of drug-likeness (QED) is 0.0371. The predicted octanol–water partition coefficient (Wildman–Crippen LogP) is 10.6. The van der Waals surface area contributed by atoms with E-state index in [9.17, 15) is 22.9 Å². The van der Waals surface area contributed by atoms with E-state index in [0.29, 0.717) is 6.42 Å². The number of allylic oxidation sites excluding steroid dienone is 5. The average molecular weight is 654 g/mol. The van der Waals surface area contributed by atoms with Crippen LogP contribution in [-0.4, -0.2) is 41.9 Å². The number of aliphatic hydroxyl groups is 1. The largest absolute Gasteiger partial charge is 0.387 e. The van der Waals surface area contributed by atoms with Crippen LogP contribution in [0.2, 0.25) is 0 Å². The molecular weight excluding hydrogens is 582 g/mol. The number of unbranched alkanes of at least 4 members (excludes halogenated alkanes) is 21. The van der Waals surface area contributed by atoms with Crippen molar-refractivity contribution in [2.75, 3.05) is 5.75 Å². The molecule has 0 aromatic heterocycles. The highest BCUT2D eigenvalue weighted by atomic mass is 32.2. The molecule has 7 heteroatoms. The normalized spacial score (nSPS) is 13.8. The van der Waals surface area contributed by atoms with Crippen LogP contribution >= 0.6 is 0 Å². The van der Waals surface area contributed by atoms with Crippen molar-refractivity contribution in [2.45, 2.75) is 193 Å². The molecule has 0 aromatic rings. The Morgan fingerprint density at radius 2 is 0.956 bits per heavy atom. The van der Waals surface area contributed by atoms with Gasteiger partial charge in [0.1, 0.15) is 0 Å². The number of carbonyl (C=O) groups is 1. The summed E-state index contributed by atoms with van der Waals surface area (Å²) in [6, 6.07) is -1.07. The van der Waals surface area contributed by atoms with Gasteiger partial charge in [-0.05, 0) is 44.9 Å². The van der Waals surface area contributed by atoms with Crippen molar-refractivity contribution in [1.82, 2.24) is 5.32 Å². The summed E-state index contributed by atoms with van der Waals surface area (Å²) in [4.78, 5) is 12.4. The highest BCUT2D eigenvalue weighted by Crippen LogP contribution is 2.14. The van der Waals surface area contributed by atoms with Crippen molar-refractivity contribution < 1.29 is 22.9 Å². The van der Waals surface area contributed by atoms with Crippen molar-refractivity contribution in [3.05, 3.63) is 36.5 Å². The van der Waals surface area contributed by atoms with Crippen molar-refractivity contribution in [2.24, 2.45) is 0 Å². The van der Waals surface area contributed by atoms with E-state index in [-0.39, 0.29) is 12.3 Å². The standard InChI is InChI=1S/C38H71NO5S/c1-3-5-7-9-11-13-15-17-19-20-21-23-25-27-29-31-33-37(40)36(35-45(42,43)44)39-38(41)34-32-30-28-26-24-22-18-16-14-12-10-8-6-4-2/h17,19,23,25,31,33,36-37,40H,3-16,18,20-22,24,26-30,32,34-35H2,1-2H3,(H,39,41)(H,42,43,44)/b19-17+,25-23+,33-31+.